The Kier molecular flexibility index (Phi) is 4.81. The van der Waals surface area contributed by atoms with Crippen molar-refractivity contribution in [1.82, 2.24) is 9.88 Å². The minimum Gasteiger partial charge on any atom is -0.361 e. The molecular formula is C21H20FN3O3. The van der Waals surface area contributed by atoms with Crippen LogP contribution in [0.1, 0.15) is 36.3 Å². The largest absolute Gasteiger partial charge is 0.361 e. The van der Waals surface area contributed by atoms with Gasteiger partial charge in [-0.2, -0.15) is 0 Å². The SMILES string of the molecule is O=C(CC(c1ccc(F)cc1)c1c[nH]c2ccc([N+](=O)[O-])cc12)N1CCCC1. The molecule has 1 atom stereocenters. The van der Waals surface area contributed by atoms with Gasteiger partial charge >= 0.3 is 0 Å². The second-order valence-electron chi connectivity index (χ2n) is 7.13. The van der Waals surface area contributed by atoms with Gasteiger partial charge in [-0.15, -0.1) is 0 Å². The number of halogens is 1. The van der Waals surface area contributed by atoms with Crippen molar-refractivity contribution >= 4 is 22.5 Å². The molecule has 0 saturated carbocycles. The molecule has 1 N–H and O–H groups in total. The number of benzene rings is 2. The number of likely N-dealkylation sites (tertiary alicyclic amines) is 1. The van der Waals surface area contributed by atoms with E-state index in [4.69, 9.17) is 0 Å². The monoisotopic (exact) mass is 381 g/mol. The lowest BCUT2D eigenvalue weighted by Gasteiger charge is -2.21. The number of aromatic nitrogens is 1. The summed E-state index contributed by atoms with van der Waals surface area (Å²) < 4.78 is 13.4. The Morgan fingerprint density at radius 3 is 2.57 bits per heavy atom. The predicted molar refractivity (Wildman–Crippen MR) is 104 cm³/mol. The Morgan fingerprint density at radius 2 is 1.89 bits per heavy atom. The van der Waals surface area contributed by atoms with Crippen LogP contribution in [0, 0.1) is 15.9 Å². The molecule has 0 radical (unpaired) electrons. The maximum Gasteiger partial charge on any atom is 0.270 e. The van der Waals surface area contributed by atoms with Crippen LogP contribution in [0.15, 0.2) is 48.7 Å². The third kappa shape index (κ3) is 3.47. The lowest BCUT2D eigenvalue weighted by atomic mass is 9.87. The summed E-state index contributed by atoms with van der Waals surface area (Å²) in [6.07, 6.45) is 4.04. The molecule has 0 spiro atoms. The van der Waals surface area contributed by atoms with Crippen molar-refractivity contribution < 1.29 is 14.1 Å². The quantitative estimate of drug-likeness (QED) is 0.527. The van der Waals surface area contributed by atoms with Crippen LogP contribution in [0.3, 0.4) is 0 Å². The average Bonchev–Trinajstić information content (AvgIpc) is 3.36. The molecule has 2 aromatic carbocycles. The zero-order valence-electron chi connectivity index (χ0n) is 15.2. The molecule has 3 aromatic rings. The summed E-state index contributed by atoms with van der Waals surface area (Å²) in [7, 11) is 0. The lowest BCUT2D eigenvalue weighted by molar-refractivity contribution is -0.384. The van der Waals surface area contributed by atoms with Crippen LogP contribution in [0.5, 0.6) is 0 Å². The van der Waals surface area contributed by atoms with Gasteiger partial charge in [0.05, 0.1) is 4.92 Å². The first kappa shape index (κ1) is 18.2. The maximum absolute atomic E-state index is 13.4. The van der Waals surface area contributed by atoms with Crippen LogP contribution < -0.4 is 0 Å². The fourth-order valence-electron chi connectivity index (χ4n) is 3.90. The minimum atomic E-state index is -0.432. The molecule has 2 heterocycles. The number of carbonyl (C=O) groups excluding carboxylic acids is 1. The molecule has 0 aliphatic carbocycles. The number of aromatic amines is 1. The molecule has 1 aliphatic heterocycles. The molecule has 1 aromatic heterocycles. The molecule has 6 nitrogen and oxygen atoms in total. The van der Waals surface area contributed by atoms with Crippen molar-refractivity contribution in [2.45, 2.75) is 25.2 Å². The number of non-ortho nitro benzene ring substituents is 1. The Balaban J connectivity index is 1.77. The van der Waals surface area contributed by atoms with Crippen LogP contribution in [0.2, 0.25) is 0 Å². The number of nitro groups is 1. The van der Waals surface area contributed by atoms with Crippen LogP contribution in [-0.2, 0) is 4.79 Å². The van der Waals surface area contributed by atoms with Gasteiger partial charge < -0.3 is 9.88 Å². The van der Waals surface area contributed by atoms with Crippen molar-refractivity contribution in [3.05, 3.63) is 75.7 Å². The van der Waals surface area contributed by atoms with E-state index < -0.39 is 4.92 Å². The van der Waals surface area contributed by atoms with Crippen molar-refractivity contribution in [3.63, 3.8) is 0 Å². The molecule has 1 fully saturated rings. The Hall–Kier alpha value is -3.22. The standard InChI is InChI=1S/C21H20FN3O3/c22-15-5-3-14(4-6-15)17(12-21(26)24-9-1-2-10-24)19-13-23-20-8-7-16(25(27)28)11-18(19)20/h3-8,11,13,17,23H,1-2,9-10,12H2. The first-order valence-corrected chi connectivity index (χ1v) is 9.31. The van der Waals surface area contributed by atoms with Gasteiger partial charge in [-0.25, -0.2) is 4.39 Å². The van der Waals surface area contributed by atoms with Crippen LogP contribution >= 0.6 is 0 Å². The number of hydrogen-bond donors (Lipinski definition) is 1. The Labute approximate surface area is 161 Å². The molecular weight excluding hydrogens is 361 g/mol. The van der Waals surface area contributed by atoms with Crippen molar-refractivity contribution in [1.29, 1.82) is 0 Å². The molecule has 28 heavy (non-hydrogen) atoms. The van der Waals surface area contributed by atoms with E-state index in [0.717, 1.165) is 42.6 Å². The highest BCUT2D eigenvalue weighted by molar-refractivity contribution is 5.87. The minimum absolute atomic E-state index is 0.00271. The van der Waals surface area contributed by atoms with Gasteiger partial charge in [-0.05, 0) is 42.2 Å². The van der Waals surface area contributed by atoms with E-state index in [0.29, 0.717) is 5.39 Å². The van der Waals surface area contributed by atoms with E-state index in [-0.39, 0.29) is 29.8 Å². The van der Waals surface area contributed by atoms with E-state index in [1.165, 1.54) is 24.3 Å². The predicted octanol–water partition coefficient (Wildman–Crippen LogP) is 4.36. The molecule has 1 aliphatic rings. The normalized spacial score (nSPS) is 15.1. The van der Waals surface area contributed by atoms with Gasteiger partial charge in [0.15, 0.2) is 0 Å². The van der Waals surface area contributed by atoms with E-state index in [2.05, 4.69) is 4.98 Å². The summed E-state index contributed by atoms with van der Waals surface area (Å²) in [6.45, 7) is 1.52. The smallest absolute Gasteiger partial charge is 0.270 e. The number of hydrogen-bond acceptors (Lipinski definition) is 3. The zero-order chi connectivity index (χ0) is 19.7. The number of carbonyl (C=O) groups is 1. The molecule has 4 rings (SSSR count). The number of rotatable bonds is 5. The number of H-pyrrole nitrogens is 1. The second-order valence-corrected chi connectivity index (χ2v) is 7.13. The van der Waals surface area contributed by atoms with Crippen LogP contribution in [0.25, 0.3) is 10.9 Å². The highest BCUT2D eigenvalue weighted by Gasteiger charge is 2.26. The van der Waals surface area contributed by atoms with E-state index >= 15 is 0 Å². The molecule has 144 valence electrons. The summed E-state index contributed by atoms with van der Waals surface area (Å²) in [4.78, 5) is 28.6. The number of nitrogens with one attached hydrogen (secondary N) is 1. The van der Waals surface area contributed by atoms with Crippen molar-refractivity contribution in [3.8, 4) is 0 Å². The average molecular weight is 381 g/mol. The topological polar surface area (TPSA) is 79.2 Å². The second kappa shape index (κ2) is 7.42. The number of nitrogens with zero attached hydrogens (tertiary/aromatic N) is 2. The molecule has 1 amide bonds. The van der Waals surface area contributed by atoms with Crippen molar-refractivity contribution in [2.75, 3.05) is 13.1 Å². The summed E-state index contributed by atoms with van der Waals surface area (Å²) in [5, 5.41) is 11.9. The van der Waals surface area contributed by atoms with Gasteiger partial charge in [0.2, 0.25) is 5.91 Å². The van der Waals surface area contributed by atoms with E-state index in [1.807, 2.05) is 4.90 Å². The van der Waals surface area contributed by atoms with E-state index in [9.17, 15) is 19.3 Å². The fourth-order valence-corrected chi connectivity index (χ4v) is 3.90. The lowest BCUT2D eigenvalue weighted by Crippen LogP contribution is -2.29. The van der Waals surface area contributed by atoms with Crippen molar-refractivity contribution in [2.24, 2.45) is 0 Å². The number of fused-ring (bicyclic) bond motifs is 1. The van der Waals surface area contributed by atoms with Gasteiger partial charge in [0.1, 0.15) is 5.82 Å². The summed E-state index contributed by atoms with van der Waals surface area (Å²) in [5.41, 5.74) is 2.37. The molecule has 0 bridgehead atoms. The molecule has 1 saturated heterocycles. The fraction of sp³-hybridized carbons (Fsp3) is 0.286. The van der Waals surface area contributed by atoms with E-state index in [1.54, 1.807) is 24.4 Å². The first-order valence-electron chi connectivity index (χ1n) is 9.31. The van der Waals surface area contributed by atoms with Gasteiger partial charge in [-0.1, -0.05) is 12.1 Å². The van der Waals surface area contributed by atoms with Gasteiger partial charge in [0.25, 0.3) is 5.69 Å². The highest BCUT2D eigenvalue weighted by atomic mass is 19.1. The summed E-state index contributed by atoms with van der Waals surface area (Å²) >= 11 is 0. The summed E-state index contributed by atoms with van der Waals surface area (Å²) in [5.74, 6) is -0.612. The highest BCUT2D eigenvalue weighted by Crippen LogP contribution is 2.35. The van der Waals surface area contributed by atoms with Crippen LogP contribution in [0.4, 0.5) is 10.1 Å². The Bertz CT molecular complexity index is 1020. The maximum atomic E-state index is 13.4. The first-order chi connectivity index (χ1) is 13.5. The third-order valence-corrected chi connectivity index (χ3v) is 5.39. The Morgan fingerprint density at radius 1 is 1.18 bits per heavy atom. The summed E-state index contributed by atoms with van der Waals surface area (Å²) in [6, 6.07) is 10.7. The zero-order valence-corrected chi connectivity index (χ0v) is 15.2. The molecule has 7 heteroatoms. The number of nitro benzene ring substituents is 1. The number of amides is 1. The van der Waals surface area contributed by atoms with Gasteiger partial charge in [-0.3, -0.25) is 14.9 Å². The molecule has 1 unspecified atom stereocenters. The third-order valence-electron chi connectivity index (χ3n) is 5.39. The van der Waals surface area contributed by atoms with Crippen LogP contribution in [-0.4, -0.2) is 33.8 Å². The van der Waals surface area contributed by atoms with Gasteiger partial charge in [0, 0.05) is 54.7 Å².